The van der Waals surface area contributed by atoms with Crippen molar-refractivity contribution in [1.29, 1.82) is 0 Å². The third-order valence-corrected chi connectivity index (χ3v) is 5.36. The maximum Gasteiger partial charge on any atom is 0.408 e. The lowest BCUT2D eigenvalue weighted by Crippen LogP contribution is -2.53. The smallest absolute Gasteiger partial charge is 0.408 e. The SMILES string of the molecule is CCOC(=O)CCNC(=O)C(c1ccccc1)N(C(=O)C(C)NC(=O)OC(C)(C)C)C1CC1C. The summed E-state index contributed by atoms with van der Waals surface area (Å²) in [5, 5.41) is 5.35. The van der Waals surface area contributed by atoms with Crippen LogP contribution in [-0.2, 0) is 23.9 Å². The van der Waals surface area contributed by atoms with Gasteiger partial charge in [0.25, 0.3) is 0 Å². The summed E-state index contributed by atoms with van der Waals surface area (Å²) in [6.07, 6.45) is 0.0859. The number of carbonyl (C=O) groups is 4. The molecule has 1 aliphatic carbocycles. The Morgan fingerprint density at radius 2 is 1.76 bits per heavy atom. The van der Waals surface area contributed by atoms with Gasteiger partial charge in [-0.2, -0.15) is 0 Å². The average Bonchev–Trinajstić information content (AvgIpc) is 3.46. The Morgan fingerprint density at radius 1 is 1.15 bits per heavy atom. The van der Waals surface area contributed by atoms with Gasteiger partial charge in [-0.3, -0.25) is 14.4 Å². The van der Waals surface area contributed by atoms with Crippen molar-refractivity contribution in [2.24, 2.45) is 5.92 Å². The number of alkyl carbamates (subject to hydrolysis) is 1. The summed E-state index contributed by atoms with van der Waals surface area (Å²) < 4.78 is 10.2. The predicted octanol–water partition coefficient (Wildman–Crippen LogP) is 2.95. The highest BCUT2D eigenvalue weighted by molar-refractivity contribution is 5.92. The van der Waals surface area contributed by atoms with Gasteiger partial charge in [0.15, 0.2) is 0 Å². The lowest BCUT2D eigenvalue weighted by Gasteiger charge is -2.34. The Labute approximate surface area is 201 Å². The van der Waals surface area contributed by atoms with Crippen LogP contribution in [0.5, 0.6) is 0 Å². The minimum Gasteiger partial charge on any atom is -0.466 e. The standard InChI is InChI=1S/C25H37N3O6/c1-7-33-20(29)13-14-26-22(30)21(18-11-9-8-10-12-18)28(19-15-16(19)2)23(31)17(3)27-24(32)34-25(4,5)6/h8-12,16-17,19,21H,7,13-15H2,1-6H3,(H,26,30)(H,27,32). The van der Waals surface area contributed by atoms with Crippen LogP contribution in [0.1, 0.15) is 66.0 Å². The van der Waals surface area contributed by atoms with E-state index in [0.29, 0.717) is 5.56 Å². The van der Waals surface area contributed by atoms with Gasteiger partial charge in [-0.05, 0) is 52.5 Å². The summed E-state index contributed by atoms with van der Waals surface area (Å²) in [5.74, 6) is -0.962. The first-order valence-electron chi connectivity index (χ1n) is 11.7. The molecule has 2 rings (SSSR count). The molecule has 0 aliphatic heterocycles. The molecule has 0 spiro atoms. The van der Waals surface area contributed by atoms with Gasteiger partial charge in [0, 0.05) is 12.6 Å². The fourth-order valence-electron chi connectivity index (χ4n) is 3.63. The minimum absolute atomic E-state index is 0.0332. The van der Waals surface area contributed by atoms with Crippen LogP contribution >= 0.6 is 0 Å². The fraction of sp³-hybridized carbons (Fsp3) is 0.600. The Hall–Kier alpha value is -3.10. The number of amides is 3. The highest BCUT2D eigenvalue weighted by Crippen LogP contribution is 2.40. The number of carbonyl (C=O) groups excluding carboxylic acids is 4. The molecule has 0 saturated heterocycles. The summed E-state index contributed by atoms with van der Waals surface area (Å²) in [4.78, 5) is 52.4. The first kappa shape index (κ1) is 27.1. The van der Waals surface area contributed by atoms with Crippen molar-refractivity contribution in [2.75, 3.05) is 13.2 Å². The Bertz CT molecular complexity index is 867. The molecule has 2 N–H and O–H groups in total. The van der Waals surface area contributed by atoms with Crippen LogP contribution in [0.2, 0.25) is 0 Å². The van der Waals surface area contributed by atoms with Gasteiger partial charge in [-0.15, -0.1) is 0 Å². The highest BCUT2D eigenvalue weighted by Gasteiger charge is 2.47. The summed E-state index contributed by atoms with van der Waals surface area (Å²) in [5.41, 5.74) is -0.0591. The zero-order chi connectivity index (χ0) is 25.5. The highest BCUT2D eigenvalue weighted by atomic mass is 16.6. The quantitative estimate of drug-likeness (QED) is 0.503. The summed E-state index contributed by atoms with van der Waals surface area (Å²) in [7, 11) is 0. The van der Waals surface area contributed by atoms with Gasteiger partial charge in [-0.1, -0.05) is 37.3 Å². The lowest BCUT2D eigenvalue weighted by atomic mass is 10.0. The van der Waals surface area contributed by atoms with Gasteiger partial charge in [0.05, 0.1) is 13.0 Å². The zero-order valence-electron chi connectivity index (χ0n) is 20.9. The molecule has 0 heterocycles. The molecule has 0 bridgehead atoms. The predicted molar refractivity (Wildman–Crippen MR) is 127 cm³/mol. The minimum atomic E-state index is -0.909. The molecule has 9 nitrogen and oxygen atoms in total. The van der Waals surface area contributed by atoms with E-state index in [9.17, 15) is 19.2 Å². The van der Waals surface area contributed by atoms with Crippen LogP contribution in [0.4, 0.5) is 4.79 Å². The molecule has 4 atom stereocenters. The second-order valence-electron chi connectivity index (χ2n) is 9.55. The van der Waals surface area contributed by atoms with Gasteiger partial charge >= 0.3 is 12.1 Å². The van der Waals surface area contributed by atoms with E-state index in [2.05, 4.69) is 10.6 Å². The van der Waals surface area contributed by atoms with Crippen LogP contribution in [0.3, 0.4) is 0 Å². The maximum atomic E-state index is 13.6. The van der Waals surface area contributed by atoms with Gasteiger partial charge in [-0.25, -0.2) is 4.79 Å². The largest absolute Gasteiger partial charge is 0.466 e. The van der Waals surface area contributed by atoms with Crippen LogP contribution < -0.4 is 10.6 Å². The number of hydrogen-bond donors (Lipinski definition) is 2. The van der Waals surface area contributed by atoms with E-state index in [1.807, 2.05) is 13.0 Å². The number of nitrogens with zero attached hydrogens (tertiary/aromatic N) is 1. The molecule has 1 aromatic rings. The van der Waals surface area contributed by atoms with Crippen LogP contribution in [0, 0.1) is 5.92 Å². The second-order valence-corrected chi connectivity index (χ2v) is 9.55. The Balaban J connectivity index is 2.25. The van der Waals surface area contributed by atoms with Crippen molar-refractivity contribution in [2.45, 2.75) is 78.1 Å². The Morgan fingerprint density at radius 3 is 2.29 bits per heavy atom. The van der Waals surface area contributed by atoms with E-state index in [0.717, 1.165) is 6.42 Å². The monoisotopic (exact) mass is 475 g/mol. The van der Waals surface area contributed by atoms with E-state index in [4.69, 9.17) is 9.47 Å². The van der Waals surface area contributed by atoms with E-state index in [1.165, 1.54) is 0 Å². The molecule has 9 heteroatoms. The van der Waals surface area contributed by atoms with Gasteiger partial charge in [0.2, 0.25) is 11.8 Å². The first-order chi connectivity index (χ1) is 15.9. The van der Waals surface area contributed by atoms with E-state index in [-0.39, 0.29) is 37.4 Å². The third kappa shape index (κ3) is 8.04. The third-order valence-electron chi connectivity index (χ3n) is 5.36. The van der Waals surface area contributed by atoms with Gasteiger partial charge in [0.1, 0.15) is 17.7 Å². The molecule has 1 saturated carbocycles. The average molecular weight is 476 g/mol. The Kier molecular flexibility index (Phi) is 9.46. The lowest BCUT2D eigenvalue weighted by molar-refractivity contribution is -0.144. The summed E-state index contributed by atoms with van der Waals surface area (Å²) in [6, 6.07) is 7.05. The zero-order valence-corrected chi connectivity index (χ0v) is 20.9. The topological polar surface area (TPSA) is 114 Å². The molecule has 1 aliphatic rings. The number of nitrogens with one attached hydrogen (secondary N) is 2. The van der Waals surface area contributed by atoms with Crippen molar-refractivity contribution in [3.8, 4) is 0 Å². The fourth-order valence-corrected chi connectivity index (χ4v) is 3.63. The first-order valence-corrected chi connectivity index (χ1v) is 11.7. The number of rotatable bonds is 10. The molecule has 4 unspecified atom stereocenters. The van der Waals surface area contributed by atoms with Crippen LogP contribution in [-0.4, -0.2) is 59.6 Å². The number of hydrogen-bond acceptors (Lipinski definition) is 6. The normalized spacial score (nSPS) is 18.8. The van der Waals surface area contributed by atoms with Crippen LogP contribution in [0.25, 0.3) is 0 Å². The number of benzene rings is 1. The molecular weight excluding hydrogens is 438 g/mol. The summed E-state index contributed by atoms with van der Waals surface area (Å²) >= 11 is 0. The molecule has 188 valence electrons. The number of esters is 1. The summed E-state index contributed by atoms with van der Waals surface area (Å²) in [6.45, 7) is 10.9. The molecule has 1 fully saturated rings. The van der Waals surface area contributed by atoms with Crippen LogP contribution in [0.15, 0.2) is 30.3 Å². The van der Waals surface area contributed by atoms with E-state index >= 15 is 0 Å². The number of ether oxygens (including phenoxy) is 2. The van der Waals surface area contributed by atoms with Gasteiger partial charge < -0.3 is 25.0 Å². The molecule has 34 heavy (non-hydrogen) atoms. The molecule has 3 amide bonds. The second kappa shape index (κ2) is 11.9. The van der Waals surface area contributed by atoms with E-state index in [1.54, 1.807) is 63.8 Å². The van der Waals surface area contributed by atoms with Crippen molar-refractivity contribution < 1.29 is 28.7 Å². The molecule has 0 radical (unpaired) electrons. The molecule has 1 aromatic carbocycles. The van der Waals surface area contributed by atoms with Crippen molar-refractivity contribution in [3.05, 3.63) is 35.9 Å². The molecular formula is C25H37N3O6. The van der Waals surface area contributed by atoms with Crippen molar-refractivity contribution in [3.63, 3.8) is 0 Å². The van der Waals surface area contributed by atoms with E-state index < -0.39 is 35.7 Å². The van der Waals surface area contributed by atoms with Crippen molar-refractivity contribution >= 4 is 23.9 Å². The maximum absolute atomic E-state index is 13.6. The molecule has 0 aromatic heterocycles. The van der Waals surface area contributed by atoms with Crippen molar-refractivity contribution in [1.82, 2.24) is 15.5 Å².